The highest BCUT2D eigenvalue weighted by Crippen LogP contribution is 2.32. The van der Waals surface area contributed by atoms with Gasteiger partial charge in [0.1, 0.15) is 5.76 Å². The summed E-state index contributed by atoms with van der Waals surface area (Å²) in [6, 6.07) is 7.23. The van der Waals surface area contributed by atoms with E-state index in [2.05, 4.69) is 36.1 Å². The third kappa shape index (κ3) is 8.40. The monoisotopic (exact) mass is 515 g/mol. The fraction of sp³-hybridized carbons (Fsp3) is 0.440. The summed E-state index contributed by atoms with van der Waals surface area (Å²) >= 11 is 3.01. The van der Waals surface area contributed by atoms with Crippen LogP contribution in [0.25, 0.3) is 0 Å². The van der Waals surface area contributed by atoms with Gasteiger partial charge in [-0.25, -0.2) is 9.97 Å². The predicted octanol–water partition coefficient (Wildman–Crippen LogP) is 5.46. The highest BCUT2D eigenvalue weighted by Gasteiger charge is 2.20. The van der Waals surface area contributed by atoms with Crippen LogP contribution in [0.4, 0.5) is 10.8 Å². The number of rotatable bonds is 12. The van der Waals surface area contributed by atoms with E-state index in [0.29, 0.717) is 35.3 Å². The number of nitrogens with two attached hydrogens (primary N) is 2. The van der Waals surface area contributed by atoms with E-state index in [1.54, 1.807) is 36.3 Å². The van der Waals surface area contributed by atoms with Crippen LogP contribution in [0.1, 0.15) is 76.0 Å². The number of nitrogens with one attached hydrogen (secondary N) is 1. The van der Waals surface area contributed by atoms with Gasteiger partial charge in [0.2, 0.25) is 17.7 Å². The molecule has 35 heavy (non-hydrogen) atoms. The highest BCUT2D eigenvalue weighted by molar-refractivity contribution is 8.00. The van der Waals surface area contributed by atoms with Gasteiger partial charge in [0.15, 0.2) is 5.13 Å². The summed E-state index contributed by atoms with van der Waals surface area (Å²) in [5.74, 6) is 1.39. The first kappa shape index (κ1) is 26.7. The quantitative estimate of drug-likeness (QED) is 0.165. The Hall–Kier alpha value is -2.85. The van der Waals surface area contributed by atoms with Gasteiger partial charge in [-0.15, -0.1) is 11.8 Å². The van der Waals surface area contributed by atoms with E-state index >= 15 is 0 Å². The summed E-state index contributed by atoms with van der Waals surface area (Å²) in [7, 11) is 0. The van der Waals surface area contributed by atoms with Crippen LogP contribution in [-0.4, -0.2) is 21.8 Å². The topological polar surface area (TPSA) is 137 Å². The van der Waals surface area contributed by atoms with Crippen molar-refractivity contribution in [3.8, 4) is 0 Å². The summed E-state index contributed by atoms with van der Waals surface area (Å²) in [4.78, 5) is 32.8. The second-order valence-electron chi connectivity index (χ2n) is 9.41. The molecule has 10 heteroatoms. The molecule has 2 aromatic heterocycles. The lowest BCUT2D eigenvalue weighted by molar-refractivity contribution is -0.119. The minimum absolute atomic E-state index is 0.0663. The predicted molar refractivity (Wildman–Crippen MR) is 141 cm³/mol. The second-order valence-corrected chi connectivity index (χ2v) is 11.7. The zero-order valence-corrected chi connectivity index (χ0v) is 22.0. The standard InChI is InChI=1S/C25H33N5O3S2/c1-25(2,3)19-13-28-21(33-19)15-34-22-14-29-24(35-22)30-20(31)8-6-4-5-7-18(23(27)32)16-9-11-17(26)12-10-16/h9-14,18H,4-8,15,26H2,1-3H3,(H2,27,32)(H,29,30,31). The number of anilines is 2. The van der Waals surface area contributed by atoms with Crippen LogP contribution < -0.4 is 16.8 Å². The number of amides is 2. The number of hydrogen-bond acceptors (Lipinski definition) is 8. The first-order valence-electron chi connectivity index (χ1n) is 11.6. The van der Waals surface area contributed by atoms with E-state index in [1.165, 1.54) is 11.3 Å². The van der Waals surface area contributed by atoms with Crippen LogP contribution in [0.15, 0.2) is 45.3 Å². The fourth-order valence-electron chi connectivity index (χ4n) is 3.43. The lowest BCUT2D eigenvalue weighted by atomic mass is 9.92. The van der Waals surface area contributed by atoms with Gasteiger partial charge in [-0.3, -0.25) is 9.59 Å². The Balaban J connectivity index is 1.36. The molecule has 5 N–H and O–H groups in total. The molecular formula is C25H33N5O3S2. The number of nitrogen functional groups attached to an aromatic ring is 1. The molecule has 2 amide bonds. The molecule has 1 atom stereocenters. The van der Waals surface area contributed by atoms with E-state index in [-0.39, 0.29) is 23.1 Å². The molecule has 188 valence electrons. The lowest BCUT2D eigenvalue weighted by Gasteiger charge is -2.14. The maximum atomic E-state index is 12.3. The van der Waals surface area contributed by atoms with Crippen LogP contribution in [0, 0.1) is 0 Å². The third-order valence-electron chi connectivity index (χ3n) is 5.44. The van der Waals surface area contributed by atoms with Gasteiger partial charge >= 0.3 is 0 Å². The van der Waals surface area contributed by atoms with Crippen molar-refractivity contribution in [2.45, 2.75) is 74.2 Å². The van der Waals surface area contributed by atoms with Gasteiger partial charge in [0.05, 0.1) is 28.3 Å². The number of thiazole rings is 1. The number of carbonyl (C=O) groups excluding carboxylic acids is 2. The zero-order valence-electron chi connectivity index (χ0n) is 20.4. The third-order valence-corrected chi connectivity index (χ3v) is 7.53. The van der Waals surface area contributed by atoms with Crippen molar-refractivity contribution in [3.05, 3.63) is 53.9 Å². The van der Waals surface area contributed by atoms with E-state index in [4.69, 9.17) is 15.9 Å². The van der Waals surface area contributed by atoms with Crippen molar-refractivity contribution in [2.24, 2.45) is 5.73 Å². The number of thioether (sulfide) groups is 1. The second kappa shape index (κ2) is 12.2. The summed E-state index contributed by atoms with van der Waals surface area (Å²) in [6.45, 7) is 6.26. The molecule has 0 saturated heterocycles. The van der Waals surface area contributed by atoms with Crippen molar-refractivity contribution in [2.75, 3.05) is 11.1 Å². The van der Waals surface area contributed by atoms with Crippen molar-refractivity contribution in [1.29, 1.82) is 0 Å². The number of oxazole rings is 1. The first-order valence-corrected chi connectivity index (χ1v) is 13.4. The Bertz CT molecular complexity index is 1120. The van der Waals surface area contributed by atoms with Gasteiger partial charge in [-0.05, 0) is 30.5 Å². The van der Waals surface area contributed by atoms with Crippen LogP contribution in [0.2, 0.25) is 0 Å². The molecule has 0 aliphatic carbocycles. The maximum Gasteiger partial charge on any atom is 0.226 e. The summed E-state index contributed by atoms with van der Waals surface area (Å²) in [5.41, 5.74) is 12.7. The lowest BCUT2D eigenvalue weighted by Crippen LogP contribution is -2.21. The molecule has 8 nitrogen and oxygen atoms in total. The Kier molecular flexibility index (Phi) is 9.33. The maximum absolute atomic E-state index is 12.3. The van der Waals surface area contributed by atoms with Gasteiger partial charge in [-0.2, -0.15) is 0 Å². The molecule has 0 bridgehead atoms. The number of primary amides is 1. The summed E-state index contributed by atoms with van der Waals surface area (Å²) < 4.78 is 6.80. The molecule has 3 rings (SSSR count). The van der Waals surface area contributed by atoms with Crippen molar-refractivity contribution < 1.29 is 14.0 Å². The minimum Gasteiger partial charge on any atom is -0.444 e. The molecule has 1 unspecified atom stereocenters. The Morgan fingerprint density at radius 1 is 1.11 bits per heavy atom. The molecule has 3 aromatic rings. The summed E-state index contributed by atoms with van der Waals surface area (Å²) in [5, 5.41) is 3.44. The minimum atomic E-state index is -0.345. The summed E-state index contributed by atoms with van der Waals surface area (Å²) in [6.07, 6.45) is 6.94. The van der Waals surface area contributed by atoms with Crippen LogP contribution in [0.3, 0.4) is 0 Å². The van der Waals surface area contributed by atoms with Crippen molar-refractivity contribution in [1.82, 2.24) is 9.97 Å². The van der Waals surface area contributed by atoms with Gasteiger partial charge in [0, 0.05) is 17.5 Å². The van der Waals surface area contributed by atoms with Crippen LogP contribution >= 0.6 is 23.1 Å². The Morgan fingerprint density at radius 3 is 2.51 bits per heavy atom. The normalized spacial score (nSPS) is 12.4. The average Bonchev–Trinajstić information content (AvgIpc) is 3.45. The number of unbranched alkanes of at least 4 members (excludes halogenated alkanes) is 2. The molecule has 0 spiro atoms. The van der Waals surface area contributed by atoms with E-state index in [9.17, 15) is 9.59 Å². The number of hydrogen-bond donors (Lipinski definition) is 3. The van der Waals surface area contributed by atoms with Gasteiger partial charge in [0.25, 0.3) is 0 Å². The molecule has 0 fully saturated rings. The number of aromatic nitrogens is 2. The average molecular weight is 516 g/mol. The van der Waals surface area contributed by atoms with Crippen LogP contribution in [0.5, 0.6) is 0 Å². The zero-order chi connectivity index (χ0) is 25.4. The van der Waals surface area contributed by atoms with Crippen molar-refractivity contribution >= 4 is 45.7 Å². The fourth-order valence-corrected chi connectivity index (χ4v) is 5.18. The molecule has 1 aromatic carbocycles. The number of carbonyl (C=O) groups is 2. The Morgan fingerprint density at radius 2 is 1.86 bits per heavy atom. The molecule has 2 heterocycles. The van der Waals surface area contributed by atoms with E-state index in [1.807, 2.05) is 12.1 Å². The van der Waals surface area contributed by atoms with Crippen LogP contribution in [-0.2, 0) is 20.8 Å². The number of nitrogens with zero attached hydrogens (tertiary/aromatic N) is 2. The van der Waals surface area contributed by atoms with E-state index < -0.39 is 0 Å². The molecule has 0 radical (unpaired) electrons. The molecular weight excluding hydrogens is 482 g/mol. The Labute approximate surface area is 214 Å². The smallest absolute Gasteiger partial charge is 0.226 e. The van der Waals surface area contributed by atoms with Gasteiger partial charge < -0.3 is 21.2 Å². The first-order chi connectivity index (χ1) is 16.6. The number of benzene rings is 1. The van der Waals surface area contributed by atoms with Crippen molar-refractivity contribution in [3.63, 3.8) is 0 Å². The SMILES string of the molecule is CC(C)(C)c1cnc(CSc2cnc(NC(=O)CCCCCC(C(N)=O)c3ccc(N)cc3)s2)o1. The van der Waals surface area contributed by atoms with Gasteiger partial charge in [-0.1, -0.05) is 57.1 Å². The largest absolute Gasteiger partial charge is 0.444 e. The highest BCUT2D eigenvalue weighted by atomic mass is 32.2. The molecule has 0 aliphatic rings. The molecule has 0 aliphatic heterocycles. The molecule has 0 saturated carbocycles. The van der Waals surface area contributed by atoms with E-state index in [0.717, 1.165) is 34.8 Å².